The maximum absolute atomic E-state index is 12.2. The maximum atomic E-state index is 12.2. The molecule has 1 rings (SSSR count). The van der Waals surface area contributed by atoms with Crippen molar-refractivity contribution in [2.24, 2.45) is 0 Å². The summed E-state index contributed by atoms with van der Waals surface area (Å²) < 4.78 is 36.7. The Morgan fingerprint density at radius 3 is 2.59 bits per heavy atom. The predicted octanol–water partition coefficient (Wildman–Crippen LogP) is 4.02. The van der Waals surface area contributed by atoms with Gasteiger partial charge in [-0.3, -0.25) is 4.79 Å². The number of halogens is 4. The number of carbonyl (C=O) groups excluding carboxylic acids is 1. The highest BCUT2D eigenvalue weighted by molar-refractivity contribution is 9.09. The minimum absolute atomic E-state index is 0.0112. The lowest BCUT2D eigenvalue weighted by Gasteiger charge is -2.11. The molecule has 0 radical (unpaired) electrons. The molecule has 0 fully saturated rings. The van der Waals surface area contributed by atoms with Crippen molar-refractivity contribution in [3.8, 4) is 0 Å². The van der Waals surface area contributed by atoms with Gasteiger partial charge in [0.25, 0.3) is 0 Å². The average molecular weight is 328 g/mol. The van der Waals surface area contributed by atoms with Crippen molar-refractivity contribution in [1.82, 2.24) is 0 Å². The predicted molar refractivity (Wildman–Crippen MR) is 65.4 cm³/mol. The zero-order valence-electron chi connectivity index (χ0n) is 8.55. The van der Waals surface area contributed by atoms with Crippen LogP contribution in [0.5, 0.6) is 0 Å². The van der Waals surface area contributed by atoms with Gasteiger partial charge < -0.3 is 5.32 Å². The van der Waals surface area contributed by atoms with Crippen molar-refractivity contribution in [2.45, 2.75) is 16.8 Å². The molecule has 1 N–H and O–H groups in total. The fraction of sp³-hybridized carbons (Fsp3) is 0.300. The molecule has 0 atom stereocenters. The molecule has 0 spiro atoms. The molecule has 0 saturated carbocycles. The quantitative estimate of drug-likeness (QED) is 0.668. The molecular weight excluding hydrogens is 319 g/mol. The molecule has 0 bridgehead atoms. The van der Waals surface area contributed by atoms with E-state index in [1.165, 1.54) is 18.2 Å². The van der Waals surface area contributed by atoms with E-state index < -0.39 is 5.51 Å². The molecule has 2 nitrogen and oxygen atoms in total. The Balaban J connectivity index is 2.81. The molecule has 0 heterocycles. The number of hydrogen-bond donors (Lipinski definition) is 1. The van der Waals surface area contributed by atoms with Gasteiger partial charge in [0, 0.05) is 16.6 Å². The number of nitrogens with one attached hydrogen (secondary N) is 1. The summed E-state index contributed by atoms with van der Waals surface area (Å²) in [6, 6.07) is 5.83. The van der Waals surface area contributed by atoms with Crippen LogP contribution in [-0.4, -0.2) is 16.7 Å². The van der Waals surface area contributed by atoms with Gasteiger partial charge in [0.05, 0.1) is 5.69 Å². The van der Waals surface area contributed by atoms with Crippen LogP contribution in [0.25, 0.3) is 0 Å². The third kappa shape index (κ3) is 5.45. The number of amides is 1. The van der Waals surface area contributed by atoms with E-state index in [0.717, 1.165) is 0 Å². The minimum atomic E-state index is -4.36. The molecule has 0 aliphatic heterocycles. The van der Waals surface area contributed by atoms with Crippen molar-refractivity contribution in [1.29, 1.82) is 0 Å². The van der Waals surface area contributed by atoms with Crippen molar-refractivity contribution in [3.63, 3.8) is 0 Å². The second-order valence-corrected chi connectivity index (χ2v) is 4.93. The van der Waals surface area contributed by atoms with E-state index in [0.29, 0.717) is 5.33 Å². The highest BCUT2D eigenvalue weighted by atomic mass is 79.9. The van der Waals surface area contributed by atoms with Gasteiger partial charge in [0.15, 0.2) is 0 Å². The molecule has 0 unspecified atom stereocenters. The first-order chi connectivity index (χ1) is 7.92. The molecule has 1 amide bonds. The molecule has 94 valence electrons. The number of anilines is 1. The van der Waals surface area contributed by atoms with Crippen LogP contribution in [0.15, 0.2) is 29.2 Å². The molecule has 1 aromatic rings. The van der Waals surface area contributed by atoms with Crippen molar-refractivity contribution >= 4 is 39.3 Å². The first kappa shape index (κ1) is 14.4. The first-order valence-corrected chi connectivity index (χ1v) is 6.57. The Morgan fingerprint density at radius 1 is 1.35 bits per heavy atom. The number of hydrogen-bond acceptors (Lipinski definition) is 2. The van der Waals surface area contributed by atoms with E-state index in [9.17, 15) is 18.0 Å². The minimum Gasteiger partial charge on any atom is -0.325 e. The summed E-state index contributed by atoms with van der Waals surface area (Å²) in [5.41, 5.74) is -4.18. The normalized spacial score (nSPS) is 11.3. The molecule has 1 aromatic carbocycles. The van der Waals surface area contributed by atoms with Crippen LogP contribution in [0, 0.1) is 0 Å². The molecule has 0 aromatic heterocycles. The Labute approximate surface area is 109 Å². The van der Waals surface area contributed by atoms with Gasteiger partial charge in [-0.1, -0.05) is 28.1 Å². The van der Waals surface area contributed by atoms with Gasteiger partial charge in [-0.25, -0.2) is 0 Å². The first-order valence-electron chi connectivity index (χ1n) is 4.63. The maximum Gasteiger partial charge on any atom is 0.446 e. The molecule has 0 aliphatic rings. The standard InChI is InChI=1S/C10H9BrF3NOS/c11-6-5-9(16)15-7-3-1-2-4-8(7)17-10(12,13)14/h1-4H,5-6H2,(H,15,16). The third-order valence-electron chi connectivity index (χ3n) is 1.71. The summed E-state index contributed by atoms with van der Waals surface area (Å²) in [6.45, 7) is 0. The monoisotopic (exact) mass is 327 g/mol. The average Bonchev–Trinajstić information content (AvgIpc) is 2.19. The molecular formula is C10H9BrF3NOS. The Kier molecular flexibility index (Phi) is 5.32. The van der Waals surface area contributed by atoms with Crippen LogP contribution in [0.1, 0.15) is 6.42 Å². The number of thioether (sulfide) groups is 1. The molecule has 0 aliphatic carbocycles. The van der Waals surface area contributed by atoms with Crippen LogP contribution in [0.3, 0.4) is 0 Å². The highest BCUT2D eigenvalue weighted by Crippen LogP contribution is 2.40. The van der Waals surface area contributed by atoms with E-state index in [1.54, 1.807) is 6.07 Å². The second kappa shape index (κ2) is 6.30. The summed E-state index contributed by atoms with van der Waals surface area (Å²) in [6.07, 6.45) is 0.213. The topological polar surface area (TPSA) is 29.1 Å². The Bertz CT molecular complexity index is 397. The number of carbonyl (C=O) groups is 1. The van der Waals surface area contributed by atoms with Gasteiger partial charge in [-0.15, -0.1) is 0 Å². The van der Waals surface area contributed by atoms with Gasteiger partial charge in [0.1, 0.15) is 0 Å². The van der Waals surface area contributed by atoms with Gasteiger partial charge >= 0.3 is 5.51 Å². The van der Waals surface area contributed by atoms with E-state index in [-0.39, 0.29) is 34.7 Å². The van der Waals surface area contributed by atoms with Crippen molar-refractivity contribution < 1.29 is 18.0 Å². The molecule has 7 heteroatoms. The number of para-hydroxylation sites is 1. The number of alkyl halides is 4. The van der Waals surface area contributed by atoms with Crippen molar-refractivity contribution in [3.05, 3.63) is 24.3 Å². The van der Waals surface area contributed by atoms with Gasteiger partial charge in [-0.2, -0.15) is 13.2 Å². The van der Waals surface area contributed by atoms with Crippen molar-refractivity contribution in [2.75, 3.05) is 10.6 Å². The lowest BCUT2D eigenvalue weighted by atomic mass is 10.3. The highest BCUT2D eigenvalue weighted by Gasteiger charge is 2.30. The van der Waals surface area contributed by atoms with Crippen LogP contribution in [0.4, 0.5) is 18.9 Å². The molecule has 17 heavy (non-hydrogen) atoms. The van der Waals surface area contributed by atoms with E-state index in [4.69, 9.17) is 0 Å². The van der Waals surface area contributed by atoms with E-state index >= 15 is 0 Å². The van der Waals surface area contributed by atoms with Crippen LogP contribution >= 0.6 is 27.7 Å². The Hall–Kier alpha value is -0.690. The smallest absolute Gasteiger partial charge is 0.325 e. The third-order valence-corrected chi connectivity index (χ3v) is 2.91. The second-order valence-electron chi connectivity index (χ2n) is 3.03. The summed E-state index contributed by atoms with van der Waals surface area (Å²) in [5.74, 6) is -0.322. The zero-order chi connectivity index (χ0) is 12.9. The number of benzene rings is 1. The number of rotatable bonds is 4. The van der Waals surface area contributed by atoms with Crippen LogP contribution in [-0.2, 0) is 4.79 Å². The van der Waals surface area contributed by atoms with E-state index in [1.807, 2.05) is 0 Å². The largest absolute Gasteiger partial charge is 0.446 e. The van der Waals surface area contributed by atoms with Crippen LogP contribution < -0.4 is 5.32 Å². The summed E-state index contributed by atoms with van der Waals surface area (Å²) in [5, 5.41) is 2.91. The lowest BCUT2D eigenvalue weighted by molar-refractivity contribution is -0.115. The summed E-state index contributed by atoms with van der Waals surface area (Å²) in [7, 11) is 0. The van der Waals surface area contributed by atoms with Gasteiger partial charge in [-0.05, 0) is 23.9 Å². The fourth-order valence-electron chi connectivity index (χ4n) is 1.08. The fourth-order valence-corrected chi connectivity index (χ4v) is 2.07. The van der Waals surface area contributed by atoms with E-state index in [2.05, 4.69) is 21.2 Å². The summed E-state index contributed by atoms with van der Waals surface area (Å²) >= 11 is 2.85. The Morgan fingerprint density at radius 2 is 2.00 bits per heavy atom. The zero-order valence-corrected chi connectivity index (χ0v) is 11.0. The van der Waals surface area contributed by atoms with Crippen LogP contribution in [0.2, 0.25) is 0 Å². The SMILES string of the molecule is O=C(CCBr)Nc1ccccc1SC(F)(F)F. The molecule has 0 saturated heterocycles. The lowest BCUT2D eigenvalue weighted by Crippen LogP contribution is -2.12. The summed E-state index contributed by atoms with van der Waals surface area (Å²) in [4.78, 5) is 11.3. The van der Waals surface area contributed by atoms with Gasteiger partial charge in [0.2, 0.25) is 5.91 Å².